The highest BCUT2D eigenvalue weighted by atomic mass is 35.5. The van der Waals surface area contributed by atoms with Gasteiger partial charge in [-0.15, -0.1) is 0 Å². The molecule has 1 fully saturated rings. The Hall–Kier alpha value is -1.23. The van der Waals surface area contributed by atoms with E-state index in [0.29, 0.717) is 11.0 Å². The zero-order valence-corrected chi connectivity index (χ0v) is 17.5. The smallest absolute Gasteiger partial charge is 0.127 e. The summed E-state index contributed by atoms with van der Waals surface area (Å²) < 4.78 is -0.296. The van der Waals surface area contributed by atoms with E-state index in [4.69, 9.17) is 28.2 Å². The van der Waals surface area contributed by atoms with Crippen LogP contribution in [0.15, 0.2) is 63.5 Å². The molecule has 2 aromatic heterocycles. The van der Waals surface area contributed by atoms with Crippen LogP contribution >= 0.6 is 35.0 Å². The minimum atomic E-state index is -0.296. The summed E-state index contributed by atoms with van der Waals surface area (Å²) in [4.78, 5) is 12.8. The molecule has 1 saturated carbocycles. The Bertz CT molecular complexity index is 826. The van der Waals surface area contributed by atoms with Gasteiger partial charge in [0, 0.05) is 23.6 Å². The van der Waals surface area contributed by atoms with Crippen LogP contribution in [0, 0.1) is 5.92 Å². The first kappa shape index (κ1) is 19.1. The van der Waals surface area contributed by atoms with Gasteiger partial charge in [0.25, 0.3) is 0 Å². The number of H-pyrrole nitrogens is 1. The van der Waals surface area contributed by atoms with Crippen LogP contribution in [-0.4, -0.2) is 15.0 Å². The summed E-state index contributed by atoms with van der Waals surface area (Å²) in [6.07, 6.45) is 15.6. The minimum absolute atomic E-state index is 0.296. The molecular formula is C21H23Cl2N3S. The van der Waals surface area contributed by atoms with E-state index in [1.54, 1.807) is 0 Å². The van der Waals surface area contributed by atoms with Crippen molar-refractivity contribution in [3.05, 3.63) is 64.3 Å². The van der Waals surface area contributed by atoms with Gasteiger partial charge in [-0.25, -0.2) is 9.97 Å². The first-order valence-corrected chi connectivity index (χ1v) is 11.1. The fraction of sp³-hybridized carbons (Fsp3) is 0.429. The molecule has 1 N–H and O–H groups in total. The molecule has 0 bridgehead atoms. The van der Waals surface area contributed by atoms with E-state index in [1.165, 1.54) is 37.7 Å². The van der Waals surface area contributed by atoms with Gasteiger partial charge in [0.1, 0.15) is 10.6 Å². The van der Waals surface area contributed by atoms with Gasteiger partial charge in [-0.1, -0.05) is 60.3 Å². The average Bonchev–Trinajstić information content (AvgIpc) is 3.25. The number of nitrogens with one attached hydrogen (secondary N) is 1. The van der Waals surface area contributed by atoms with Gasteiger partial charge in [-0.05, 0) is 55.4 Å². The maximum atomic E-state index is 6.49. The fourth-order valence-electron chi connectivity index (χ4n) is 4.31. The summed E-state index contributed by atoms with van der Waals surface area (Å²) >= 11 is 14.6. The lowest BCUT2D eigenvalue weighted by atomic mass is 9.73. The molecule has 6 heteroatoms. The normalized spacial score (nSPS) is 21.0. The molecule has 4 rings (SSSR count). The first-order chi connectivity index (χ1) is 13.2. The quantitative estimate of drug-likeness (QED) is 0.542. The van der Waals surface area contributed by atoms with Crippen LogP contribution in [0.5, 0.6) is 0 Å². The highest BCUT2D eigenvalue weighted by Crippen LogP contribution is 2.57. The van der Waals surface area contributed by atoms with Crippen molar-refractivity contribution in [1.82, 2.24) is 15.0 Å². The van der Waals surface area contributed by atoms with Crippen molar-refractivity contribution in [3.8, 4) is 0 Å². The lowest BCUT2D eigenvalue weighted by Gasteiger charge is -2.43. The molecule has 0 spiro atoms. The topological polar surface area (TPSA) is 41.6 Å². The van der Waals surface area contributed by atoms with Crippen molar-refractivity contribution >= 4 is 35.0 Å². The predicted octanol–water partition coefficient (Wildman–Crippen LogP) is 6.78. The number of imidazole rings is 1. The second kappa shape index (κ2) is 8.42. The maximum absolute atomic E-state index is 6.49. The molecule has 0 amide bonds. The SMILES string of the molecule is ClC1=C(Cl)CCC(C(Sc2ccccn2)(c2ncc[nH]2)C2CCCCC2)=C1. The molecule has 2 aliphatic carbocycles. The molecule has 0 aromatic carbocycles. The number of hydrogen-bond donors (Lipinski definition) is 1. The number of halogens is 2. The van der Waals surface area contributed by atoms with Crippen LogP contribution in [0.3, 0.4) is 0 Å². The molecule has 0 radical (unpaired) electrons. The van der Waals surface area contributed by atoms with Crippen molar-refractivity contribution in [1.29, 1.82) is 0 Å². The van der Waals surface area contributed by atoms with E-state index in [2.05, 4.69) is 22.1 Å². The van der Waals surface area contributed by atoms with Crippen LogP contribution in [0.1, 0.15) is 50.8 Å². The summed E-state index contributed by atoms with van der Waals surface area (Å²) in [5.41, 5.74) is 1.30. The van der Waals surface area contributed by atoms with Crippen molar-refractivity contribution in [3.63, 3.8) is 0 Å². The fourth-order valence-corrected chi connectivity index (χ4v) is 6.18. The van der Waals surface area contributed by atoms with Gasteiger partial charge in [0.05, 0.1) is 10.1 Å². The summed E-state index contributed by atoms with van der Waals surface area (Å²) in [6, 6.07) is 6.08. The lowest BCUT2D eigenvalue weighted by Crippen LogP contribution is -2.37. The Morgan fingerprint density at radius 1 is 1.04 bits per heavy atom. The Balaban J connectivity index is 1.87. The highest BCUT2D eigenvalue weighted by Gasteiger charge is 2.47. The Morgan fingerprint density at radius 2 is 1.89 bits per heavy atom. The largest absolute Gasteiger partial charge is 0.347 e. The second-order valence-corrected chi connectivity index (χ2v) is 9.33. The number of thioether (sulfide) groups is 1. The van der Waals surface area contributed by atoms with Crippen LogP contribution in [0.2, 0.25) is 0 Å². The third-order valence-corrected chi connectivity index (χ3v) is 7.97. The van der Waals surface area contributed by atoms with Crippen molar-refractivity contribution < 1.29 is 0 Å². The monoisotopic (exact) mass is 419 g/mol. The number of hydrogen-bond acceptors (Lipinski definition) is 3. The van der Waals surface area contributed by atoms with Crippen molar-refractivity contribution in [2.75, 3.05) is 0 Å². The van der Waals surface area contributed by atoms with E-state index in [-0.39, 0.29) is 4.75 Å². The Morgan fingerprint density at radius 3 is 2.56 bits per heavy atom. The molecule has 2 aromatic rings. The number of rotatable bonds is 5. The van der Waals surface area contributed by atoms with Crippen LogP contribution < -0.4 is 0 Å². The van der Waals surface area contributed by atoms with Crippen LogP contribution in [-0.2, 0) is 4.75 Å². The lowest BCUT2D eigenvalue weighted by molar-refractivity contribution is 0.293. The Kier molecular flexibility index (Phi) is 5.96. The molecule has 1 atom stereocenters. The number of nitrogens with zero attached hydrogens (tertiary/aromatic N) is 2. The zero-order valence-electron chi connectivity index (χ0n) is 15.1. The predicted molar refractivity (Wildman–Crippen MR) is 113 cm³/mol. The molecular weight excluding hydrogens is 397 g/mol. The van der Waals surface area contributed by atoms with Crippen molar-refractivity contribution in [2.24, 2.45) is 5.92 Å². The number of pyridine rings is 1. The summed E-state index contributed by atoms with van der Waals surface area (Å²) in [6.45, 7) is 0. The second-order valence-electron chi connectivity index (χ2n) is 7.20. The van der Waals surface area contributed by atoms with Gasteiger partial charge in [0.15, 0.2) is 0 Å². The molecule has 0 aliphatic heterocycles. The van der Waals surface area contributed by atoms with E-state index < -0.39 is 0 Å². The average molecular weight is 420 g/mol. The molecule has 1 unspecified atom stereocenters. The third kappa shape index (κ3) is 3.85. The summed E-state index contributed by atoms with van der Waals surface area (Å²) in [5.74, 6) is 1.48. The van der Waals surface area contributed by atoms with E-state index in [9.17, 15) is 0 Å². The number of aromatic amines is 1. The molecule has 3 nitrogen and oxygen atoms in total. The van der Waals surface area contributed by atoms with Crippen LogP contribution in [0.4, 0.5) is 0 Å². The van der Waals surface area contributed by atoms with Gasteiger partial charge in [-0.3, -0.25) is 0 Å². The van der Waals surface area contributed by atoms with Crippen LogP contribution in [0.25, 0.3) is 0 Å². The van der Waals surface area contributed by atoms with Gasteiger partial charge in [0.2, 0.25) is 0 Å². The first-order valence-electron chi connectivity index (χ1n) is 9.55. The zero-order chi connectivity index (χ0) is 18.7. The number of allylic oxidation sites excluding steroid dienone is 3. The summed E-state index contributed by atoms with van der Waals surface area (Å²) in [5, 5.41) is 2.42. The van der Waals surface area contributed by atoms with Gasteiger partial charge < -0.3 is 4.98 Å². The van der Waals surface area contributed by atoms with E-state index >= 15 is 0 Å². The van der Waals surface area contributed by atoms with E-state index in [0.717, 1.165) is 28.7 Å². The molecule has 142 valence electrons. The van der Waals surface area contributed by atoms with Crippen molar-refractivity contribution in [2.45, 2.75) is 54.7 Å². The maximum Gasteiger partial charge on any atom is 0.127 e. The molecule has 2 aliphatic rings. The third-order valence-electron chi connectivity index (χ3n) is 5.58. The molecule has 0 saturated heterocycles. The minimum Gasteiger partial charge on any atom is -0.347 e. The number of aromatic nitrogens is 3. The molecule has 27 heavy (non-hydrogen) atoms. The van der Waals surface area contributed by atoms with Gasteiger partial charge in [-0.2, -0.15) is 0 Å². The van der Waals surface area contributed by atoms with E-state index in [1.807, 2.05) is 42.5 Å². The highest BCUT2D eigenvalue weighted by molar-refractivity contribution is 8.00. The standard InChI is InChI=1S/C21H23Cl2N3S/c22-17-10-9-16(14-18(17)23)21(20-25-12-13-26-20,15-6-2-1-3-7-15)27-19-8-4-5-11-24-19/h4-5,8,11-15H,1-3,6-7,9-10H2,(H,25,26). The van der Waals surface area contributed by atoms with Gasteiger partial charge >= 0.3 is 0 Å². The summed E-state index contributed by atoms with van der Waals surface area (Å²) in [7, 11) is 0. The molecule has 2 heterocycles. The Labute approximate surface area is 174 Å².